The van der Waals surface area contributed by atoms with Crippen molar-refractivity contribution in [1.29, 1.82) is 0 Å². The Kier molecular flexibility index (Phi) is 1.52. The summed E-state index contributed by atoms with van der Waals surface area (Å²) in [5.74, 6) is -0.506. The second-order valence-corrected chi connectivity index (χ2v) is 2.20. The number of H-pyrrole nitrogens is 1. The second-order valence-electron chi connectivity index (χ2n) is 1.45. The van der Waals surface area contributed by atoms with E-state index in [2.05, 4.69) is 25.9 Å². The molecule has 0 aromatic carbocycles. The quantitative estimate of drug-likeness (QED) is 0.667. The Balaban J connectivity index is 2.98. The van der Waals surface area contributed by atoms with E-state index in [-0.39, 0.29) is 0 Å². The first-order chi connectivity index (χ1) is 4.20. The molecular weight excluding hydrogens is 186 g/mol. The van der Waals surface area contributed by atoms with E-state index in [9.17, 15) is 4.79 Å². The van der Waals surface area contributed by atoms with E-state index in [0.717, 1.165) is 0 Å². The van der Waals surface area contributed by atoms with Crippen molar-refractivity contribution in [2.45, 2.75) is 0 Å². The van der Waals surface area contributed by atoms with Gasteiger partial charge in [-0.3, -0.25) is 4.79 Å². The molecule has 1 heterocycles. The lowest BCUT2D eigenvalue weighted by molar-refractivity contribution is 0.0996. The number of imidazole rings is 1. The molecule has 1 aromatic heterocycles. The van der Waals surface area contributed by atoms with Gasteiger partial charge in [-0.1, -0.05) is 0 Å². The topological polar surface area (TPSA) is 71.8 Å². The highest BCUT2D eigenvalue weighted by molar-refractivity contribution is 9.10. The van der Waals surface area contributed by atoms with E-state index in [1.165, 1.54) is 6.20 Å². The summed E-state index contributed by atoms with van der Waals surface area (Å²) in [6.07, 6.45) is 1.37. The zero-order valence-electron chi connectivity index (χ0n) is 4.39. The largest absolute Gasteiger partial charge is 0.364 e. The Labute approximate surface area is 59.6 Å². The molecule has 0 saturated carbocycles. The van der Waals surface area contributed by atoms with Gasteiger partial charge in [0.25, 0.3) is 5.91 Å². The summed E-state index contributed by atoms with van der Waals surface area (Å²) in [5, 5.41) is 0. The monoisotopic (exact) mass is 189 g/mol. The van der Waals surface area contributed by atoms with Crippen molar-refractivity contribution in [2.24, 2.45) is 5.73 Å². The minimum atomic E-state index is -0.506. The van der Waals surface area contributed by atoms with E-state index in [4.69, 9.17) is 5.73 Å². The van der Waals surface area contributed by atoms with Crippen molar-refractivity contribution in [2.75, 3.05) is 0 Å². The number of aromatic amines is 1. The lowest BCUT2D eigenvalue weighted by atomic mass is 10.5. The SMILES string of the molecule is NC(=O)c1cnc(Br)[nH]1. The number of nitrogens with two attached hydrogens (primary N) is 1. The molecule has 3 N–H and O–H groups in total. The Morgan fingerprint density at radius 1 is 1.89 bits per heavy atom. The van der Waals surface area contributed by atoms with Crippen LogP contribution in [0.2, 0.25) is 0 Å². The Hall–Kier alpha value is -0.840. The molecule has 0 radical (unpaired) electrons. The summed E-state index contributed by atoms with van der Waals surface area (Å²) < 4.78 is 0.510. The lowest BCUT2D eigenvalue weighted by Crippen LogP contribution is -2.10. The number of carbonyl (C=O) groups excluding carboxylic acids is 1. The molecule has 0 atom stereocenters. The van der Waals surface area contributed by atoms with Crippen molar-refractivity contribution in [3.63, 3.8) is 0 Å². The van der Waals surface area contributed by atoms with Gasteiger partial charge >= 0.3 is 0 Å². The average molecular weight is 190 g/mol. The van der Waals surface area contributed by atoms with Crippen molar-refractivity contribution in [3.05, 3.63) is 16.6 Å². The van der Waals surface area contributed by atoms with Crippen LogP contribution in [-0.2, 0) is 0 Å². The molecule has 1 aromatic rings. The molecule has 0 bridgehead atoms. The van der Waals surface area contributed by atoms with Crippen molar-refractivity contribution in [3.8, 4) is 0 Å². The van der Waals surface area contributed by atoms with E-state index < -0.39 is 5.91 Å². The highest BCUT2D eigenvalue weighted by atomic mass is 79.9. The predicted molar refractivity (Wildman–Crippen MR) is 34.8 cm³/mol. The fraction of sp³-hybridized carbons (Fsp3) is 0. The van der Waals surface area contributed by atoms with E-state index in [1.807, 2.05) is 0 Å². The average Bonchev–Trinajstić information content (AvgIpc) is 2.14. The first-order valence-corrected chi connectivity index (χ1v) is 3.00. The Bertz CT molecular complexity index is 231. The van der Waals surface area contributed by atoms with Crippen LogP contribution in [0.4, 0.5) is 0 Å². The van der Waals surface area contributed by atoms with Crippen LogP contribution in [0, 0.1) is 0 Å². The third-order valence-corrected chi connectivity index (χ3v) is 1.21. The second kappa shape index (κ2) is 2.18. The van der Waals surface area contributed by atoms with Gasteiger partial charge in [-0.15, -0.1) is 0 Å². The van der Waals surface area contributed by atoms with Crippen LogP contribution in [-0.4, -0.2) is 15.9 Å². The third-order valence-electron chi connectivity index (χ3n) is 0.810. The van der Waals surface area contributed by atoms with Crippen LogP contribution in [0.15, 0.2) is 10.9 Å². The predicted octanol–water partition coefficient (Wildman–Crippen LogP) is 0.271. The number of nitrogens with zero attached hydrogens (tertiary/aromatic N) is 1. The first kappa shape index (κ1) is 6.28. The van der Waals surface area contributed by atoms with Gasteiger partial charge in [0.05, 0.1) is 6.20 Å². The molecule has 0 saturated heterocycles. The van der Waals surface area contributed by atoms with Crippen molar-refractivity contribution >= 4 is 21.8 Å². The fourth-order valence-electron chi connectivity index (χ4n) is 0.422. The minimum absolute atomic E-state index is 0.307. The van der Waals surface area contributed by atoms with E-state index in [0.29, 0.717) is 10.4 Å². The van der Waals surface area contributed by atoms with Gasteiger partial charge < -0.3 is 10.7 Å². The number of nitrogens with one attached hydrogen (secondary N) is 1. The molecule has 1 rings (SSSR count). The highest BCUT2D eigenvalue weighted by Gasteiger charge is 2.01. The van der Waals surface area contributed by atoms with E-state index >= 15 is 0 Å². The molecule has 1 amide bonds. The van der Waals surface area contributed by atoms with Gasteiger partial charge in [0.15, 0.2) is 4.73 Å². The number of hydrogen-bond acceptors (Lipinski definition) is 2. The van der Waals surface area contributed by atoms with Crippen molar-refractivity contribution in [1.82, 2.24) is 9.97 Å². The number of carbonyl (C=O) groups is 1. The number of primary amides is 1. The molecule has 0 spiro atoms. The molecular formula is C4H4BrN3O. The van der Waals surface area contributed by atoms with Crippen LogP contribution in [0.3, 0.4) is 0 Å². The molecule has 0 aliphatic rings. The van der Waals surface area contributed by atoms with Crippen LogP contribution >= 0.6 is 15.9 Å². The highest BCUT2D eigenvalue weighted by Crippen LogP contribution is 2.01. The maximum Gasteiger partial charge on any atom is 0.266 e. The summed E-state index contributed by atoms with van der Waals surface area (Å²) in [6.45, 7) is 0. The van der Waals surface area contributed by atoms with Crippen molar-refractivity contribution < 1.29 is 4.79 Å². The number of rotatable bonds is 1. The maximum absolute atomic E-state index is 10.3. The minimum Gasteiger partial charge on any atom is -0.364 e. The molecule has 0 unspecified atom stereocenters. The Morgan fingerprint density at radius 3 is 2.78 bits per heavy atom. The zero-order chi connectivity index (χ0) is 6.85. The molecule has 0 fully saturated rings. The maximum atomic E-state index is 10.3. The van der Waals surface area contributed by atoms with Crippen LogP contribution in [0.5, 0.6) is 0 Å². The number of hydrogen-bond donors (Lipinski definition) is 2. The van der Waals surface area contributed by atoms with Crippen LogP contribution in [0.1, 0.15) is 10.5 Å². The summed E-state index contributed by atoms with van der Waals surface area (Å²) in [4.78, 5) is 16.6. The van der Waals surface area contributed by atoms with Gasteiger partial charge in [0, 0.05) is 0 Å². The summed E-state index contributed by atoms with van der Waals surface area (Å²) in [6, 6.07) is 0. The summed E-state index contributed by atoms with van der Waals surface area (Å²) in [7, 11) is 0. The van der Waals surface area contributed by atoms with Crippen LogP contribution < -0.4 is 5.73 Å². The third kappa shape index (κ3) is 1.29. The van der Waals surface area contributed by atoms with Gasteiger partial charge in [-0.05, 0) is 15.9 Å². The summed E-state index contributed by atoms with van der Waals surface area (Å²) >= 11 is 3.03. The zero-order valence-corrected chi connectivity index (χ0v) is 5.97. The smallest absolute Gasteiger partial charge is 0.266 e. The standard InChI is InChI=1S/C4H4BrN3O/c5-4-7-1-2(8-4)3(6)9/h1H,(H2,6,9)(H,7,8). The molecule has 0 aliphatic carbocycles. The van der Waals surface area contributed by atoms with Gasteiger partial charge in [0.2, 0.25) is 0 Å². The fourth-order valence-corrected chi connectivity index (χ4v) is 0.738. The lowest BCUT2D eigenvalue weighted by Gasteiger charge is -1.82. The van der Waals surface area contributed by atoms with Crippen LogP contribution in [0.25, 0.3) is 0 Å². The molecule has 5 heteroatoms. The molecule has 9 heavy (non-hydrogen) atoms. The van der Waals surface area contributed by atoms with Gasteiger partial charge in [-0.25, -0.2) is 4.98 Å². The number of halogens is 1. The number of aromatic nitrogens is 2. The summed E-state index contributed by atoms with van der Waals surface area (Å²) in [5.41, 5.74) is 5.20. The Morgan fingerprint density at radius 2 is 2.56 bits per heavy atom. The number of amides is 1. The van der Waals surface area contributed by atoms with E-state index in [1.54, 1.807) is 0 Å². The molecule has 4 nitrogen and oxygen atoms in total. The normalized spacial score (nSPS) is 9.44. The first-order valence-electron chi connectivity index (χ1n) is 2.20. The molecule has 0 aliphatic heterocycles. The van der Waals surface area contributed by atoms with Gasteiger partial charge in [-0.2, -0.15) is 0 Å². The molecule has 48 valence electrons. The van der Waals surface area contributed by atoms with Gasteiger partial charge in [0.1, 0.15) is 5.69 Å².